The van der Waals surface area contributed by atoms with Crippen LogP contribution in [0, 0.1) is 6.92 Å². The van der Waals surface area contributed by atoms with Gasteiger partial charge in [-0.3, -0.25) is 0 Å². The molecule has 2 N–H and O–H groups in total. The number of ether oxygens (including phenoxy) is 1. The number of benzene rings is 2. The molecule has 2 nitrogen and oxygen atoms in total. The summed E-state index contributed by atoms with van der Waals surface area (Å²) in [5.41, 5.74) is 8.24. The van der Waals surface area contributed by atoms with E-state index in [4.69, 9.17) is 10.5 Å². The van der Waals surface area contributed by atoms with Crippen LogP contribution in [0.5, 0.6) is 5.75 Å². The molecule has 0 saturated carbocycles. The van der Waals surface area contributed by atoms with Gasteiger partial charge in [-0.05, 0) is 37.6 Å². The summed E-state index contributed by atoms with van der Waals surface area (Å²) >= 11 is 0. The second-order valence-electron chi connectivity index (χ2n) is 4.81. The Labute approximate surface area is 115 Å². The Morgan fingerprint density at radius 3 is 2.32 bits per heavy atom. The summed E-state index contributed by atoms with van der Waals surface area (Å²) in [5.74, 6) is 1.27. The maximum Gasteiger partial charge on any atom is 0.119 e. The van der Waals surface area contributed by atoms with Crippen molar-refractivity contribution in [2.45, 2.75) is 19.3 Å². The molecule has 0 radical (unpaired) electrons. The van der Waals surface area contributed by atoms with E-state index in [1.165, 1.54) is 11.1 Å². The number of hydrogen-bond donors (Lipinski definition) is 1. The molecule has 0 heterocycles. The smallest absolute Gasteiger partial charge is 0.119 e. The lowest BCUT2D eigenvalue weighted by atomic mass is 9.97. The Hall–Kier alpha value is -1.80. The Balaban J connectivity index is 1.99. The summed E-state index contributed by atoms with van der Waals surface area (Å²) in [6, 6.07) is 18.6. The van der Waals surface area contributed by atoms with Crippen LogP contribution < -0.4 is 10.5 Å². The quantitative estimate of drug-likeness (QED) is 0.857. The standard InChI is InChI=1S/C17H21NO/c1-14-7-9-17(10-8-14)19-13-16(11-12-18)15-5-3-2-4-6-15/h2-10,16H,11-13,18H2,1H3. The third kappa shape index (κ3) is 4.11. The highest BCUT2D eigenvalue weighted by Crippen LogP contribution is 2.21. The Morgan fingerprint density at radius 1 is 1.00 bits per heavy atom. The summed E-state index contributed by atoms with van der Waals surface area (Å²) < 4.78 is 5.87. The number of hydrogen-bond acceptors (Lipinski definition) is 2. The highest BCUT2D eigenvalue weighted by atomic mass is 16.5. The second-order valence-corrected chi connectivity index (χ2v) is 4.81. The van der Waals surface area contributed by atoms with Crippen LogP contribution in [0.25, 0.3) is 0 Å². The molecule has 1 unspecified atom stereocenters. The molecule has 0 amide bonds. The molecule has 19 heavy (non-hydrogen) atoms. The highest BCUT2D eigenvalue weighted by molar-refractivity contribution is 5.27. The van der Waals surface area contributed by atoms with Crippen LogP contribution in [0.1, 0.15) is 23.5 Å². The fourth-order valence-corrected chi connectivity index (χ4v) is 2.10. The Bertz CT molecular complexity index is 478. The molecule has 0 aliphatic heterocycles. The normalized spacial score (nSPS) is 12.1. The number of rotatable bonds is 6. The van der Waals surface area contributed by atoms with E-state index in [9.17, 15) is 0 Å². The van der Waals surface area contributed by atoms with Crippen molar-refractivity contribution < 1.29 is 4.74 Å². The third-order valence-electron chi connectivity index (χ3n) is 3.26. The van der Waals surface area contributed by atoms with Crippen molar-refractivity contribution in [2.75, 3.05) is 13.2 Å². The first-order chi connectivity index (χ1) is 9.29. The third-order valence-corrected chi connectivity index (χ3v) is 3.26. The first-order valence-corrected chi connectivity index (χ1v) is 6.74. The van der Waals surface area contributed by atoms with Crippen LogP contribution in [0.3, 0.4) is 0 Å². The van der Waals surface area contributed by atoms with Gasteiger partial charge in [-0.15, -0.1) is 0 Å². The molecule has 0 aliphatic rings. The molecule has 0 spiro atoms. The highest BCUT2D eigenvalue weighted by Gasteiger charge is 2.11. The van der Waals surface area contributed by atoms with Crippen LogP contribution in [0.2, 0.25) is 0 Å². The zero-order valence-corrected chi connectivity index (χ0v) is 11.4. The van der Waals surface area contributed by atoms with Gasteiger partial charge in [0.05, 0.1) is 6.61 Å². The van der Waals surface area contributed by atoms with E-state index in [0.29, 0.717) is 19.1 Å². The van der Waals surface area contributed by atoms with Crippen molar-refractivity contribution in [3.63, 3.8) is 0 Å². The lowest BCUT2D eigenvalue weighted by molar-refractivity contribution is 0.283. The molecule has 0 fully saturated rings. The van der Waals surface area contributed by atoms with Crippen LogP contribution in [-0.4, -0.2) is 13.2 Å². The van der Waals surface area contributed by atoms with Gasteiger partial charge < -0.3 is 10.5 Å². The van der Waals surface area contributed by atoms with E-state index < -0.39 is 0 Å². The molecule has 1 atom stereocenters. The molecule has 2 aromatic rings. The lowest BCUT2D eigenvalue weighted by Gasteiger charge is -2.17. The topological polar surface area (TPSA) is 35.2 Å². The van der Waals surface area contributed by atoms with Gasteiger partial charge >= 0.3 is 0 Å². The van der Waals surface area contributed by atoms with Gasteiger partial charge in [0.15, 0.2) is 0 Å². The zero-order chi connectivity index (χ0) is 13.5. The largest absolute Gasteiger partial charge is 0.493 e. The van der Waals surface area contributed by atoms with E-state index in [1.54, 1.807) is 0 Å². The van der Waals surface area contributed by atoms with Crippen LogP contribution >= 0.6 is 0 Å². The minimum atomic E-state index is 0.354. The van der Waals surface area contributed by atoms with E-state index in [-0.39, 0.29) is 0 Å². The summed E-state index contributed by atoms with van der Waals surface area (Å²) in [4.78, 5) is 0. The first-order valence-electron chi connectivity index (χ1n) is 6.74. The average Bonchev–Trinajstić information content (AvgIpc) is 2.46. The molecule has 0 saturated heterocycles. The van der Waals surface area contributed by atoms with Gasteiger partial charge in [-0.25, -0.2) is 0 Å². The van der Waals surface area contributed by atoms with E-state index in [0.717, 1.165) is 12.2 Å². The van der Waals surface area contributed by atoms with Gasteiger partial charge in [0.25, 0.3) is 0 Å². The monoisotopic (exact) mass is 255 g/mol. The predicted octanol–water partition coefficient (Wildman–Crippen LogP) is 3.51. The average molecular weight is 255 g/mol. The van der Waals surface area contributed by atoms with Crippen molar-refractivity contribution in [3.8, 4) is 5.75 Å². The minimum Gasteiger partial charge on any atom is -0.493 e. The molecule has 2 aromatic carbocycles. The maximum absolute atomic E-state index is 5.87. The summed E-state index contributed by atoms with van der Waals surface area (Å²) in [5, 5.41) is 0. The Kier molecular flexibility index (Phi) is 4.99. The summed E-state index contributed by atoms with van der Waals surface area (Å²) in [6.45, 7) is 3.42. The molecule has 100 valence electrons. The molecular formula is C17H21NO. The van der Waals surface area contributed by atoms with E-state index in [2.05, 4.69) is 43.3 Å². The van der Waals surface area contributed by atoms with Gasteiger partial charge in [0.2, 0.25) is 0 Å². The Morgan fingerprint density at radius 2 is 1.68 bits per heavy atom. The van der Waals surface area contributed by atoms with Crippen molar-refractivity contribution in [1.82, 2.24) is 0 Å². The van der Waals surface area contributed by atoms with Gasteiger partial charge in [0, 0.05) is 5.92 Å². The van der Waals surface area contributed by atoms with Gasteiger partial charge in [-0.1, -0.05) is 48.0 Å². The lowest BCUT2D eigenvalue weighted by Crippen LogP contribution is -2.14. The number of nitrogens with two attached hydrogens (primary N) is 1. The van der Waals surface area contributed by atoms with Crippen molar-refractivity contribution in [2.24, 2.45) is 5.73 Å². The van der Waals surface area contributed by atoms with Crippen LogP contribution in [0.15, 0.2) is 54.6 Å². The molecule has 2 rings (SSSR count). The van der Waals surface area contributed by atoms with Crippen LogP contribution in [-0.2, 0) is 0 Å². The van der Waals surface area contributed by atoms with Crippen LogP contribution in [0.4, 0.5) is 0 Å². The fourth-order valence-electron chi connectivity index (χ4n) is 2.10. The SMILES string of the molecule is Cc1ccc(OCC(CCN)c2ccccc2)cc1. The molecule has 0 bridgehead atoms. The van der Waals surface area contributed by atoms with Gasteiger partial charge in [0.1, 0.15) is 5.75 Å². The van der Waals surface area contributed by atoms with E-state index >= 15 is 0 Å². The van der Waals surface area contributed by atoms with Crippen molar-refractivity contribution >= 4 is 0 Å². The molecule has 2 heteroatoms. The van der Waals surface area contributed by atoms with Crippen molar-refractivity contribution in [3.05, 3.63) is 65.7 Å². The fraction of sp³-hybridized carbons (Fsp3) is 0.294. The summed E-state index contributed by atoms with van der Waals surface area (Å²) in [7, 11) is 0. The predicted molar refractivity (Wildman–Crippen MR) is 79.5 cm³/mol. The summed E-state index contributed by atoms with van der Waals surface area (Å²) in [6.07, 6.45) is 0.940. The maximum atomic E-state index is 5.87. The molecule has 0 aromatic heterocycles. The van der Waals surface area contributed by atoms with E-state index in [1.807, 2.05) is 18.2 Å². The minimum absolute atomic E-state index is 0.354. The zero-order valence-electron chi connectivity index (χ0n) is 11.4. The second kappa shape index (κ2) is 6.95. The van der Waals surface area contributed by atoms with Crippen molar-refractivity contribution in [1.29, 1.82) is 0 Å². The first kappa shape index (κ1) is 13.6. The van der Waals surface area contributed by atoms with Gasteiger partial charge in [-0.2, -0.15) is 0 Å². The molecule has 0 aliphatic carbocycles. The molecular weight excluding hydrogens is 234 g/mol. The number of aryl methyl sites for hydroxylation is 1.